The molecule has 1 aromatic heterocycles. The van der Waals surface area contributed by atoms with Gasteiger partial charge in [-0.1, -0.05) is 12.1 Å². The fourth-order valence-electron chi connectivity index (χ4n) is 1.88. The van der Waals surface area contributed by atoms with Crippen LogP contribution < -0.4 is 16.6 Å². The number of nitrogen functional groups attached to an aromatic ring is 1. The van der Waals surface area contributed by atoms with Gasteiger partial charge >= 0.3 is 0 Å². The van der Waals surface area contributed by atoms with Crippen molar-refractivity contribution in [3.63, 3.8) is 0 Å². The molecule has 0 saturated heterocycles. The predicted molar refractivity (Wildman–Crippen MR) is 90.3 cm³/mol. The summed E-state index contributed by atoms with van der Waals surface area (Å²) >= 11 is 6.45. The number of hydrogen-bond acceptors (Lipinski definition) is 3. The molecule has 0 radical (unpaired) electrons. The van der Waals surface area contributed by atoms with Crippen molar-refractivity contribution in [1.82, 2.24) is 4.57 Å². The molecule has 110 valence electrons. The number of nitrogens with one attached hydrogen (secondary N) is 1. The first kappa shape index (κ1) is 15.8. The van der Waals surface area contributed by atoms with Crippen LogP contribution in [0.5, 0.6) is 0 Å². The molecule has 2 rings (SSSR count). The second-order valence-electron chi connectivity index (χ2n) is 4.53. The summed E-state index contributed by atoms with van der Waals surface area (Å²) in [7, 11) is 0. The maximum atomic E-state index is 12.1. The van der Waals surface area contributed by atoms with Gasteiger partial charge in [0.25, 0.3) is 5.56 Å². The molecular weight excluding hydrogens is 402 g/mol. The van der Waals surface area contributed by atoms with Gasteiger partial charge in [-0.15, -0.1) is 0 Å². The number of aromatic nitrogens is 1. The van der Waals surface area contributed by atoms with E-state index in [1.54, 1.807) is 18.3 Å². The number of carbonyl (C=O) groups excluding carboxylic acids is 1. The fourth-order valence-corrected chi connectivity index (χ4v) is 3.13. The number of hydrogen-bond donors (Lipinski definition) is 2. The van der Waals surface area contributed by atoms with Gasteiger partial charge in [0.2, 0.25) is 5.91 Å². The van der Waals surface area contributed by atoms with E-state index in [2.05, 4.69) is 37.2 Å². The molecule has 0 aliphatic carbocycles. The molecule has 0 bridgehead atoms. The van der Waals surface area contributed by atoms with Gasteiger partial charge in [0, 0.05) is 10.7 Å². The highest BCUT2D eigenvalue weighted by atomic mass is 79.9. The van der Waals surface area contributed by atoms with Crippen molar-refractivity contribution in [1.29, 1.82) is 0 Å². The maximum absolute atomic E-state index is 12.1. The molecule has 21 heavy (non-hydrogen) atoms. The summed E-state index contributed by atoms with van der Waals surface area (Å²) in [5, 5.41) is 2.74. The normalized spacial score (nSPS) is 10.4. The summed E-state index contributed by atoms with van der Waals surface area (Å²) in [5.74, 6) is -0.317. The average molecular weight is 415 g/mol. The third kappa shape index (κ3) is 3.74. The number of benzene rings is 1. The Morgan fingerprint density at radius 2 is 2.10 bits per heavy atom. The Morgan fingerprint density at radius 3 is 2.76 bits per heavy atom. The van der Waals surface area contributed by atoms with Crippen LogP contribution in [-0.2, 0) is 11.3 Å². The van der Waals surface area contributed by atoms with E-state index >= 15 is 0 Å². The fraction of sp³-hybridized carbons (Fsp3) is 0.143. The Bertz CT molecular complexity index is 736. The minimum atomic E-state index is -0.317. The molecule has 1 aromatic carbocycles. The lowest BCUT2D eigenvalue weighted by Gasteiger charge is -2.12. The van der Waals surface area contributed by atoms with Gasteiger partial charge in [0.15, 0.2) is 0 Å². The van der Waals surface area contributed by atoms with Crippen LogP contribution in [0.3, 0.4) is 0 Å². The summed E-state index contributed by atoms with van der Waals surface area (Å²) in [6.07, 6.45) is 1.56. The zero-order valence-corrected chi connectivity index (χ0v) is 14.4. The number of para-hydroxylation sites is 1. The molecule has 0 aliphatic rings. The second kappa shape index (κ2) is 6.44. The van der Waals surface area contributed by atoms with Crippen molar-refractivity contribution in [3.05, 3.63) is 55.3 Å². The molecule has 2 aromatic rings. The Morgan fingerprint density at radius 1 is 1.38 bits per heavy atom. The standard InChI is InChI=1S/C14H13Br2N3O2/c1-8-3-2-4-11(17)13(8)18-12(20)7-19-6-9(15)5-10(16)14(19)21/h2-6H,7,17H2,1H3,(H,18,20). The van der Waals surface area contributed by atoms with Crippen LogP contribution >= 0.6 is 31.9 Å². The Labute approximate surface area is 138 Å². The molecule has 0 spiro atoms. The van der Waals surface area contributed by atoms with Crippen molar-refractivity contribution >= 4 is 49.1 Å². The van der Waals surface area contributed by atoms with Gasteiger partial charge in [0.1, 0.15) is 6.54 Å². The largest absolute Gasteiger partial charge is 0.397 e. The number of nitrogens with two attached hydrogens (primary N) is 1. The van der Waals surface area contributed by atoms with E-state index in [9.17, 15) is 9.59 Å². The number of aryl methyl sites for hydroxylation is 1. The number of amides is 1. The van der Waals surface area contributed by atoms with E-state index in [1.807, 2.05) is 19.1 Å². The number of anilines is 2. The predicted octanol–water partition coefficient (Wildman–Crippen LogP) is 2.90. The lowest BCUT2D eigenvalue weighted by atomic mass is 10.1. The SMILES string of the molecule is Cc1cccc(N)c1NC(=O)Cn1cc(Br)cc(Br)c1=O. The number of pyridine rings is 1. The van der Waals surface area contributed by atoms with E-state index in [-0.39, 0.29) is 18.0 Å². The van der Waals surface area contributed by atoms with Crippen LogP contribution in [0.25, 0.3) is 0 Å². The zero-order chi connectivity index (χ0) is 15.6. The lowest BCUT2D eigenvalue weighted by Crippen LogP contribution is -2.28. The van der Waals surface area contributed by atoms with Crippen molar-refractivity contribution in [2.45, 2.75) is 13.5 Å². The van der Waals surface area contributed by atoms with Gasteiger partial charge < -0.3 is 15.6 Å². The minimum Gasteiger partial charge on any atom is -0.397 e. The van der Waals surface area contributed by atoms with Crippen molar-refractivity contribution in [2.24, 2.45) is 0 Å². The number of halogens is 2. The molecule has 1 amide bonds. The van der Waals surface area contributed by atoms with Crippen molar-refractivity contribution in [2.75, 3.05) is 11.1 Å². The third-order valence-corrected chi connectivity index (χ3v) is 3.89. The molecule has 0 saturated carbocycles. The number of carbonyl (C=O) groups is 1. The van der Waals surface area contributed by atoms with Gasteiger partial charge in [-0.2, -0.15) is 0 Å². The molecule has 0 atom stereocenters. The molecule has 7 heteroatoms. The van der Waals surface area contributed by atoms with Gasteiger partial charge in [-0.05, 0) is 56.5 Å². The third-order valence-electron chi connectivity index (χ3n) is 2.89. The molecule has 3 N–H and O–H groups in total. The summed E-state index contributed by atoms with van der Waals surface area (Å²) < 4.78 is 2.41. The van der Waals surface area contributed by atoms with Crippen LogP contribution in [0.4, 0.5) is 11.4 Å². The summed E-state index contributed by atoms with van der Waals surface area (Å²) in [6.45, 7) is 1.76. The van der Waals surface area contributed by atoms with E-state index < -0.39 is 0 Å². The van der Waals surface area contributed by atoms with E-state index in [0.717, 1.165) is 5.56 Å². The van der Waals surface area contributed by atoms with E-state index in [1.165, 1.54) is 4.57 Å². The van der Waals surface area contributed by atoms with Crippen LogP contribution in [0.15, 0.2) is 44.2 Å². The maximum Gasteiger partial charge on any atom is 0.265 e. The smallest absolute Gasteiger partial charge is 0.265 e. The van der Waals surface area contributed by atoms with Gasteiger partial charge in [-0.25, -0.2) is 0 Å². The number of rotatable bonds is 3. The second-order valence-corrected chi connectivity index (χ2v) is 6.30. The van der Waals surface area contributed by atoms with Crippen LogP contribution in [0, 0.1) is 6.92 Å². The first-order chi connectivity index (χ1) is 9.88. The molecule has 5 nitrogen and oxygen atoms in total. The van der Waals surface area contributed by atoms with Crippen LogP contribution in [0.2, 0.25) is 0 Å². The number of nitrogens with zero attached hydrogens (tertiary/aromatic N) is 1. The van der Waals surface area contributed by atoms with Gasteiger partial charge in [0.05, 0.1) is 15.8 Å². The monoisotopic (exact) mass is 413 g/mol. The first-order valence-corrected chi connectivity index (χ1v) is 7.67. The highest BCUT2D eigenvalue weighted by molar-refractivity contribution is 9.11. The molecule has 1 heterocycles. The quantitative estimate of drug-likeness (QED) is 0.758. The Hall–Kier alpha value is -1.60. The van der Waals surface area contributed by atoms with Crippen molar-refractivity contribution in [3.8, 4) is 0 Å². The average Bonchev–Trinajstić information content (AvgIpc) is 2.40. The van der Waals surface area contributed by atoms with Gasteiger partial charge in [-0.3, -0.25) is 9.59 Å². The van der Waals surface area contributed by atoms with Crippen LogP contribution in [0.1, 0.15) is 5.56 Å². The molecule has 0 unspecified atom stereocenters. The van der Waals surface area contributed by atoms with E-state index in [0.29, 0.717) is 20.3 Å². The Balaban J connectivity index is 2.22. The molecule has 0 fully saturated rings. The summed E-state index contributed by atoms with van der Waals surface area (Å²) in [6, 6.07) is 7.02. The van der Waals surface area contributed by atoms with Crippen LogP contribution in [-0.4, -0.2) is 10.5 Å². The Kier molecular flexibility index (Phi) is 4.84. The molecule has 0 aliphatic heterocycles. The lowest BCUT2D eigenvalue weighted by molar-refractivity contribution is -0.116. The first-order valence-electron chi connectivity index (χ1n) is 6.09. The summed E-state index contributed by atoms with van der Waals surface area (Å²) in [4.78, 5) is 24.0. The zero-order valence-electron chi connectivity index (χ0n) is 11.2. The topological polar surface area (TPSA) is 77.1 Å². The summed E-state index contributed by atoms with van der Waals surface area (Å²) in [5.41, 5.74) is 7.50. The van der Waals surface area contributed by atoms with Crippen molar-refractivity contribution < 1.29 is 4.79 Å². The highest BCUT2D eigenvalue weighted by Crippen LogP contribution is 2.22. The van der Waals surface area contributed by atoms with E-state index in [4.69, 9.17) is 5.73 Å². The highest BCUT2D eigenvalue weighted by Gasteiger charge is 2.11. The minimum absolute atomic E-state index is 0.0926. The molecular formula is C14H13Br2N3O2.